The van der Waals surface area contributed by atoms with Gasteiger partial charge < -0.3 is 4.74 Å². The van der Waals surface area contributed by atoms with Crippen molar-refractivity contribution in [3.05, 3.63) is 27.2 Å². The van der Waals surface area contributed by atoms with Gasteiger partial charge in [-0.3, -0.25) is 0 Å². The van der Waals surface area contributed by atoms with Crippen LogP contribution in [0.15, 0.2) is 21.5 Å². The third-order valence-electron chi connectivity index (χ3n) is 3.06. The highest BCUT2D eigenvalue weighted by atomic mass is 79.9. The van der Waals surface area contributed by atoms with E-state index in [0.717, 1.165) is 25.7 Å². The number of hydrogen-bond acceptors (Lipinski definition) is 4. The van der Waals surface area contributed by atoms with Gasteiger partial charge >= 0.3 is 5.97 Å². The zero-order valence-corrected chi connectivity index (χ0v) is 14.1. The van der Waals surface area contributed by atoms with E-state index in [4.69, 9.17) is 27.0 Å². The minimum Gasteiger partial charge on any atom is -0.459 e. The highest BCUT2D eigenvalue weighted by molar-refractivity contribution is 9.10. The quantitative estimate of drug-likeness (QED) is 0.564. The molecule has 0 heterocycles. The van der Waals surface area contributed by atoms with Crippen molar-refractivity contribution in [2.75, 3.05) is 0 Å². The number of hydrogen-bond donors (Lipinski definition) is 0. The molecule has 4 nitrogen and oxygen atoms in total. The largest absolute Gasteiger partial charge is 0.459 e. The summed E-state index contributed by atoms with van der Waals surface area (Å²) >= 11 is 9.09. The maximum Gasteiger partial charge on any atom is 0.340 e. The fraction of sp³-hybridized carbons (Fsp3) is 0.417. The van der Waals surface area contributed by atoms with Gasteiger partial charge in [-0.25, -0.2) is 13.2 Å². The Morgan fingerprint density at radius 3 is 2.45 bits per heavy atom. The predicted molar refractivity (Wildman–Crippen MR) is 79.9 cm³/mol. The first kappa shape index (κ1) is 16.1. The lowest BCUT2D eigenvalue weighted by Crippen LogP contribution is -2.15. The lowest BCUT2D eigenvalue weighted by Gasteiger charge is -2.13. The van der Waals surface area contributed by atoms with E-state index in [1.807, 2.05) is 0 Å². The predicted octanol–water partition coefficient (Wildman–Crippen LogP) is 4.13. The molecule has 0 amide bonds. The van der Waals surface area contributed by atoms with E-state index < -0.39 is 15.0 Å². The second-order valence-corrected chi connectivity index (χ2v) is 8.34. The molecule has 0 spiro atoms. The molecule has 0 aromatic heterocycles. The molecule has 0 aliphatic heterocycles. The fourth-order valence-electron chi connectivity index (χ4n) is 2.11. The highest BCUT2D eigenvalue weighted by Crippen LogP contribution is 2.33. The summed E-state index contributed by atoms with van der Waals surface area (Å²) in [6.45, 7) is 0. The van der Waals surface area contributed by atoms with Crippen LogP contribution in [0, 0.1) is 0 Å². The van der Waals surface area contributed by atoms with Crippen molar-refractivity contribution >= 4 is 53.2 Å². The molecule has 20 heavy (non-hydrogen) atoms. The highest BCUT2D eigenvalue weighted by Gasteiger charge is 2.26. The van der Waals surface area contributed by atoms with Crippen LogP contribution >= 0.6 is 38.2 Å². The second kappa shape index (κ2) is 6.22. The van der Waals surface area contributed by atoms with E-state index >= 15 is 0 Å². The summed E-state index contributed by atoms with van der Waals surface area (Å²) in [5.74, 6) is -0.634. The van der Waals surface area contributed by atoms with E-state index in [9.17, 15) is 13.2 Å². The SMILES string of the molecule is O=C(OC1CCCC1)c1cc(Br)cc(S(=O)(=O)Cl)c1Cl. The van der Waals surface area contributed by atoms with Crippen LogP contribution in [0.4, 0.5) is 0 Å². The van der Waals surface area contributed by atoms with Gasteiger partial charge in [0.1, 0.15) is 11.0 Å². The van der Waals surface area contributed by atoms with E-state index in [0.29, 0.717) is 4.47 Å². The smallest absolute Gasteiger partial charge is 0.340 e. The van der Waals surface area contributed by atoms with Gasteiger partial charge in [0.05, 0.1) is 10.6 Å². The molecule has 0 atom stereocenters. The Kier molecular flexibility index (Phi) is 5.00. The third-order valence-corrected chi connectivity index (χ3v) is 5.39. The number of benzene rings is 1. The topological polar surface area (TPSA) is 60.4 Å². The van der Waals surface area contributed by atoms with E-state index in [-0.39, 0.29) is 21.6 Å². The van der Waals surface area contributed by atoms with E-state index in [2.05, 4.69) is 15.9 Å². The third kappa shape index (κ3) is 3.67. The number of esters is 1. The molecule has 0 N–H and O–H groups in total. The summed E-state index contributed by atoms with van der Waals surface area (Å²) < 4.78 is 28.6. The lowest BCUT2D eigenvalue weighted by molar-refractivity contribution is 0.0317. The maximum atomic E-state index is 12.1. The lowest BCUT2D eigenvalue weighted by atomic mass is 10.2. The van der Waals surface area contributed by atoms with Crippen molar-refractivity contribution < 1.29 is 17.9 Å². The van der Waals surface area contributed by atoms with Crippen LogP contribution in [0.25, 0.3) is 0 Å². The molecule has 1 aromatic carbocycles. The van der Waals surface area contributed by atoms with Crippen molar-refractivity contribution in [1.29, 1.82) is 0 Å². The molecule has 1 aliphatic rings. The average Bonchev–Trinajstić information content (AvgIpc) is 2.83. The molecular formula is C12H11BrCl2O4S. The van der Waals surface area contributed by atoms with Gasteiger partial charge in [0.2, 0.25) is 0 Å². The normalized spacial score (nSPS) is 16.4. The van der Waals surface area contributed by atoms with Crippen molar-refractivity contribution in [2.45, 2.75) is 36.7 Å². The van der Waals surface area contributed by atoms with Gasteiger partial charge in [0.25, 0.3) is 9.05 Å². The van der Waals surface area contributed by atoms with Crippen LogP contribution in [0.5, 0.6) is 0 Å². The van der Waals surface area contributed by atoms with Gasteiger partial charge in [-0.05, 0) is 37.8 Å². The van der Waals surface area contributed by atoms with Crippen LogP contribution in [-0.4, -0.2) is 20.5 Å². The summed E-state index contributed by atoms with van der Waals surface area (Å²) in [6.07, 6.45) is 3.54. The Bertz CT molecular complexity index is 639. The van der Waals surface area contributed by atoms with Crippen molar-refractivity contribution in [1.82, 2.24) is 0 Å². The molecule has 0 saturated heterocycles. The van der Waals surface area contributed by atoms with Crippen LogP contribution < -0.4 is 0 Å². The maximum absolute atomic E-state index is 12.1. The van der Waals surface area contributed by atoms with E-state index in [1.54, 1.807) is 0 Å². The van der Waals surface area contributed by atoms with Gasteiger partial charge in [0.15, 0.2) is 0 Å². The number of rotatable bonds is 3. The number of ether oxygens (including phenoxy) is 1. The number of halogens is 3. The Hall–Kier alpha value is -0.300. The molecule has 1 aromatic rings. The van der Waals surface area contributed by atoms with Gasteiger partial charge in [-0.15, -0.1) is 0 Å². The molecule has 8 heteroatoms. The van der Waals surface area contributed by atoms with Crippen LogP contribution in [-0.2, 0) is 13.8 Å². The fourth-order valence-corrected chi connectivity index (χ4v) is 4.29. The average molecular weight is 402 g/mol. The minimum absolute atomic E-state index is 0.00725. The van der Waals surface area contributed by atoms with Crippen molar-refractivity contribution in [3.63, 3.8) is 0 Å². The first-order valence-corrected chi connectivity index (χ1v) is 9.42. The molecule has 0 radical (unpaired) electrons. The second-order valence-electron chi connectivity index (χ2n) is 4.52. The Morgan fingerprint density at radius 2 is 1.90 bits per heavy atom. The molecule has 110 valence electrons. The first-order valence-electron chi connectivity index (χ1n) is 5.93. The zero-order valence-electron chi connectivity index (χ0n) is 10.2. The summed E-state index contributed by atoms with van der Waals surface area (Å²) in [6, 6.07) is 2.67. The molecule has 0 unspecified atom stereocenters. The van der Waals surface area contributed by atoms with Crippen LogP contribution in [0.3, 0.4) is 0 Å². The molecule has 1 saturated carbocycles. The monoisotopic (exact) mass is 400 g/mol. The van der Waals surface area contributed by atoms with Gasteiger partial charge in [0, 0.05) is 15.2 Å². The Balaban J connectivity index is 2.36. The minimum atomic E-state index is -4.04. The molecule has 1 fully saturated rings. The summed E-state index contributed by atoms with van der Waals surface area (Å²) in [7, 11) is 1.26. The summed E-state index contributed by atoms with van der Waals surface area (Å²) in [5.41, 5.74) is -0.00725. The van der Waals surface area contributed by atoms with Crippen molar-refractivity contribution in [3.8, 4) is 0 Å². The summed E-state index contributed by atoms with van der Waals surface area (Å²) in [4.78, 5) is 11.8. The zero-order chi connectivity index (χ0) is 14.9. The number of carbonyl (C=O) groups is 1. The summed E-state index contributed by atoms with van der Waals surface area (Å²) in [5, 5.41) is -0.216. The van der Waals surface area contributed by atoms with Crippen LogP contribution in [0.1, 0.15) is 36.0 Å². The van der Waals surface area contributed by atoms with E-state index in [1.165, 1.54) is 12.1 Å². The van der Waals surface area contributed by atoms with Crippen molar-refractivity contribution in [2.24, 2.45) is 0 Å². The van der Waals surface area contributed by atoms with Crippen LogP contribution in [0.2, 0.25) is 5.02 Å². The number of carbonyl (C=O) groups excluding carboxylic acids is 1. The molecule has 1 aliphatic carbocycles. The molecule has 2 rings (SSSR count). The first-order chi connectivity index (χ1) is 9.29. The standard InChI is InChI=1S/C12H11BrCl2O4S/c13-7-5-9(11(14)10(6-7)20(15,17)18)12(16)19-8-3-1-2-4-8/h5-6,8H,1-4H2. The molecular weight excluding hydrogens is 391 g/mol. The van der Waals surface area contributed by atoms with Gasteiger partial charge in [-0.1, -0.05) is 27.5 Å². The molecule has 0 bridgehead atoms. The Labute approximate surface area is 134 Å². The Morgan fingerprint density at radius 1 is 1.30 bits per heavy atom. The van der Waals surface area contributed by atoms with Gasteiger partial charge in [-0.2, -0.15) is 0 Å².